The van der Waals surface area contributed by atoms with Gasteiger partial charge < -0.3 is 0 Å². The third-order valence-corrected chi connectivity index (χ3v) is 1.87. The Morgan fingerprint density at radius 3 is 2.00 bits per heavy atom. The van der Waals surface area contributed by atoms with Gasteiger partial charge in [-0.15, -0.1) is 0 Å². The van der Waals surface area contributed by atoms with Gasteiger partial charge in [-0.25, -0.2) is 0 Å². The average Bonchev–Trinajstić information content (AvgIpc) is 2.07. The second-order valence-electron chi connectivity index (χ2n) is 2.67. The number of hydrogen-bond donors (Lipinski definition) is 0. The van der Waals surface area contributed by atoms with E-state index in [2.05, 4.69) is 11.6 Å². The highest BCUT2D eigenvalue weighted by molar-refractivity contribution is 6.54. The maximum absolute atomic E-state index is 10.2. The van der Waals surface area contributed by atoms with Gasteiger partial charge in [0.1, 0.15) is 0 Å². The zero-order valence-electron chi connectivity index (χ0n) is 6.74. The van der Waals surface area contributed by atoms with Gasteiger partial charge in [0, 0.05) is 17.8 Å². The van der Waals surface area contributed by atoms with Crippen LogP contribution in [0, 0.1) is 10.1 Å². The molecule has 12 heavy (non-hydrogen) atoms. The third kappa shape index (κ3) is 5.07. The zero-order valence-corrected chi connectivity index (χ0v) is 7.50. The summed E-state index contributed by atoms with van der Waals surface area (Å²) in [6.07, 6.45) is 4.88. The molecule has 0 amide bonds. The molecule has 0 aromatic rings. The summed E-state index contributed by atoms with van der Waals surface area (Å²) in [7, 11) is 0. The monoisotopic (exact) mass is 193 g/mol. The van der Waals surface area contributed by atoms with Gasteiger partial charge in [0.15, 0.2) is 0 Å². The van der Waals surface area contributed by atoms with Crippen LogP contribution in [0.2, 0.25) is 0 Å². The largest absolute Gasteiger partial charge is 0.285 e. The first-order chi connectivity index (χ1) is 5.72. The van der Waals surface area contributed by atoms with Crippen molar-refractivity contribution in [1.29, 1.82) is 0 Å². The lowest BCUT2D eigenvalue weighted by atomic mass is 9.96. The van der Waals surface area contributed by atoms with Crippen LogP contribution in [0.3, 0.4) is 0 Å². The van der Waals surface area contributed by atoms with Crippen LogP contribution in [-0.2, 0) is 4.79 Å². The molecule has 0 saturated heterocycles. The summed E-state index contributed by atoms with van der Waals surface area (Å²) in [4.78, 5) is 18.6. The van der Waals surface area contributed by atoms with E-state index < -0.39 is 0 Å². The molecule has 1 saturated carbocycles. The van der Waals surface area contributed by atoms with Crippen molar-refractivity contribution in [3.05, 3.63) is 10.1 Å². The van der Waals surface area contributed by atoms with Gasteiger partial charge in [0.2, 0.25) is 11.8 Å². The Morgan fingerprint density at radius 1 is 1.33 bits per heavy atom. The Bertz CT molecular complexity index is 146. The van der Waals surface area contributed by atoms with E-state index in [-0.39, 0.29) is 16.7 Å². The number of nitrogens with zero attached hydrogens (tertiary/aromatic N) is 1. The van der Waals surface area contributed by atoms with Crippen LogP contribution >= 0.6 is 11.6 Å². The summed E-state index contributed by atoms with van der Waals surface area (Å²) in [6, 6.07) is -0.223. The number of carbonyl (C=O) groups is 1. The molecule has 0 radical (unpaired) electrons. The molecule has 0 aliphatic heterocycles. The van der Waals surface area contributed by atoms with Crippen molar-refractivity contribution >= 4 is 17.3 Å². The third-order valence-electron chi connectivity index (χ3n) is 1.87. The number of hydrogen-bond acceptors (Lipinski definition) is 3. The summed E-state index contributed by atoms with van der Waals surface area (Å²) in [5, 5.41) is 10.2. The molecule has 70 valence electrons. The van der Waals surface area contributed by atoms with Crippen LogP contribution in [-0.4, -0.2) is 16.7 Å². The number of rotatable bonds is 1. The topological polar surface area (TPSA) is 60.2 Å². The summed E-state index contributed by atoms with van der Waals surface area (Å²) in [5.74, 6) is 0.222. The van der Waals surface area contributed by atoms with Crippen molar-refractivity contribution in [3.8, 4) is 0 Å². The summed E-state index contributed by atoms with van der Waals surface area (Å²) in [6.45, 7) is 0. The minimum atomic E-state index is -0.223. The smallest absolute Gasteiger partial charge is 0.213 e. The Balaban J connectivity index is 0.000000354. The molecule has 4 nitrogen and oxygen atoms in total. The van der Waals surface area contributed by atoms with Gasteiger partial charge in [-0.3, -0.25) is 14.9 Å². The number of halogens is 1. The van der Waals surface area contributed by atoms with Gasteiger partial charge in [-0.1, -0.05) is 6.42 Å². The highest BCUT2D eigenvalue weighted by Crippen LogP contribution is 2.19. The van der Waals surface area contributed by atoms with Gasteiger partial charge in [-0.05, 0) is 24.4 Å². The maximum atomic E-state index is 10.2. The minimum absolute atomic E-state index is 0.140. The van der Waals surface area contributed by atoms with Crippen LogP contribution in [0.4, 0.5) is 0 Å². The fraction of sp³-hybridized carbons (Fsp3) is 0.857. The maximum Gasteiger partial charge on any atom is 0.213 e. The van der Waals surface area contributed by atoms with Gasteiger partial charge >= 0.3 is 0 Å². The summed E-state index contributed by atoms with van der Waals surface area (Å²) >= 11 is 4.32. The lowest BCUT2D eigenvalue weighted by Crippen LogP contribution is -2.21. The first-order valence-electron chi connectivity index (χ1n) is 3.89. The van der Waals surface area contributed by atoms with Gasteiger partial charge in [0.05, 0.1) is 0 Å². The van der Waals surface area contributed by atoms with Gasteiger partial charge in [0.25, 0.3) is 0 Å². The van der Waals surface area contributed by atoms with E-state index in [0.29, 0.717) is 0 Å². The van der Waals surface area contributed by atoms with Crippen molar-refractivity contribution in [2.24, 2.45) is 0 Å². The lowest BCUT2D eigenvalue weighted by molar-refractivity contribution is -0.526. The van der Waals surface area contributed by atoms with E-state index in [0.717, 1.165) is 25.7 Å². The quantitative estimate of drug-likeness (QED) is 0.277. The van der Waals surface area contributed by atoms with E-state index in [1.54, 1.807) is 0 Å². The standard InChI is InChI=1S/C6H11NO2.CHClO/c8-7(9)6-4-2-1-3-5-6;2-1-3/h6H,1-5H2;1H. The molecule has 0 atom stereocenters. The molecule has 1 aliphatic carbocycles. The molecule has 0 spiro atoms. The Morgan fingerprint density at radius 2 is 1.75 bits per heavy atom. The summed E-state index contributed by atoms with van der Waals surface area (Å²) < 4.78 is 0. The Kier molecular flexibility index (Phi) is 6.66. The zero-order chi connectivity index (χ0) is 9.40. The Labute approximate surface area is 76.0 Å². The number of nitro groups is 1. The van der Waals surface area contributed by atoms with Crippen LogP contribution < -0.4 is 0 Å². The van der Waals surface area contributed by atoms with Crippen LogP contribution in [0.5, 0.6) is 0 Å². The van der Waals surface area contributed by atoms with E-state index in [9.17, 15) is 10.1 Å². The molecular weight excluding hydrogens is 182 g/mol. The molecule has 1 rings (SSSR count). The van der Waals surface area contributed by atoms with Crippen molar-refractivity contribution in [1.82, 2.24) is 0 Å². The molecule has 0 aromatic carbocycles. The molecule has 0 bridgehead atoms. The fourth-order valence-corrected chi connectivity index (χ4v) is 1.29. The van der Waals surface area contributed by atoms with E-state index in [1.807, 2.05) is 0 Å². The summed E-state index contributed by atoms with van der Waals surface area (Å²) in [5.41, 5.74) is 0. The van der Waals surface area contributed by atoms with E-state index >= 15 is 0 Å². The minimum Gasteiger partial charge on any atom is -0.285 e. The predicted octanol–water partition coefficient (Wildman–Crippen LogP) is 2.01. The second kappa shape index (κ2) is 7.03. The van der Waals surface area contributed by atoms with E-state index in [4.69, 9.17) is 4.79 Å². The predicted molar refractivity (Wildman–Crippen MR) is 46.5 cm³/mol. The van der Waals surface area contributed by atoms with Crippen molar-refractivity contribution in [2.75, 3.05) is 0 Å². The first kappa shape index (κ1) is 11.4. The molecule has 0 heterocycles. The van der Waals surface area contributed by atoms with Gasteiger partial charge in [-0.2, -0.15) is 0 Å². The fourth-order valence-electron chi connectivity index (χ4n) is 1.29. The van der Waals surface area contributed by atoms with Crippen LogP contribution in [0.1, 0.15) is 32.1 Å². The van der Waals surface area contributed by atoms with Crippen LogP contribution in [0.15, 0.2) is 0 Å². The molecule has 5 heteroatoms. The normalized spacial score (nSPS) is 17.4. The lowest BCUT2D eigenvalue weighted by Gasteiger charge is -2.13. The molecule has 1 aliphatic rings. The molecule has 0 unspecified atom stereocenters. The first-order valence-corrected chi connectivity index (χ1v) is 4.33. The Hall–Kier alpha value is -0.640. The van der Waals surface area contributed by atoms with Crippen molar-refractivity contribution in [2.45, 2.75) is 38.1 Å². The highest BCUT2D eigenvalue weighted by atomic mass is 35.5. The molecule has 1 fully saturated rings. The van der Waals surface area contributed by atoms with Crippen molar-refractivity contribution in [3.63, 3.8) is 0 Å². The number of carbonyl (C=O) groups excluding carboxylic acids is 1. The molecular formula is C7H12ClNO3. The molecule has 0 aromatic heterocycles. The van der Waals surface area contributed by atoms with E-state index in [1.165, 1.54) is 6.42 Å². The highest BCUT2D eigenvalue weighted by Gasteiger charge is 2.21. The molecule has 0 N–H and O–H groups in total. The average molecular weight is 194 g/mol. The second-order valence-corrected chi connectivity index (χ2v) is 2.84. The van der Waals surface area contributed by atoms with Crippen LogP contribution in [0.25, 0.3) is 0 Å². The SMILES string of the molecule is O=CCl.O=[N+]([O-])C1CCCCC1. The van der Waals surface area contributed by atoms with Crippen molar-refractivity contribution < 1.29 is 9.72 Å².